The zero-order chi connectivity index (χ0) is 31.5. The quantitative estimate of drug-likeness (QED) is 0.186. The molecule has 6 aromatic carbocycles. The van der Waals surface area contributed by atoms with Crippen molar-refractivity contribution in [3.05, 3.63) is 144 Å². The Balaban J connectivity index is 1.24. The summed E-state index contributed by atoms with van der Waals surface area (Å²) in [5, 5.41) is 4.63. The van der Waals surface area contributed by atoms with Crippen molar-refractivity contribution >= 4 is 96.2 Å². The molecule has 0 fully saturated rings. The minimum atomic E-state index is 0.0781. The van der Waals surface area contributed by atoms with Gasteiger partial charge in [-0.15, -0.1) is 0 Å². The van der Waals surface area contributed by atoms with E-state index < -0.39 is 0 Å². The lowest BCUT2D eigenvalue weighted by Crippen LogP contribution is -2.62. The second-order valence-electron chi connectivity index (χ2n) is 13.3. The van der Waals surface area contributed by atoms with Crippen LogP contribution in [0.4, 0.5) is 28.4 Å². The van der Waals surface area contributed by atoms with Crippen LogP contribution in [-0.4, -0.2) is 6.71 Å². The van der Waals surface area contributed by atoms with Crippen LogP contribution < -0.4 is 36.8 Å². The number of anilines is 5. The number of rotatable bonds is 2. The summed E-state index contributed by atoms with van der Waals surface area (Å²) in [5.41, 5.74) is 14.6. The lowest BCUT2D eigenvalue weighted by molar-refractivity contribution is 0.560. The standard InChI is InChI=1S/C43H29BN2O2/c1-26-24-30-28-13-3-9-23-40(28)48-43(30)38(25-26)46-34-18-7-5-16-32(34)44-31-15-4-6-17-33(31)45(35-19-11-20-36(46)41(35)44)37-21-10-14-29-27-12-2-8-22-39(27)47-42(29)37/h2-24,26H,25H2,1H3. The van der Waals surface area contributed by atoms with Gasteiger partial charge in [0, 0.05) is 44.1 Å². The van der Waals surface area contributed by atoms with Crippen molar-refractivity contribution in [3.63, 3.8) is 0 Å². The van der Waals surface area contributed by atoms with E-state index in [0.717, 1.165) is 45.0 Å². The van der Waals surface area contributed by atoms with Crippen LogP contribution in [0.5, 0.6) is 0 Å². The van der Waals surface area contributed by atoms with E-state index in [0.29, 0.717) is 5.92 Å². The number of fused-ring (bicyclic) bond motifs is 10. The van der Waals surface area contributed by atoms with Gasteiger partial charge in [0.25, 0.3) is 6.71 Å². The fourth-order valence-corrected chi connectivity index (χ4v) is 8.67. The van der Waals surface area contributed by atoms with E-state index in [-0.39, 0.29) is 6.71 Å². The maximum atomic E-state index is 6.72. The molecule has 2 aromatic heterocycles. The molecule has 2 aliphatic heterocycles. The number of hydrogen-bond acceptors (Lipinski definition) is 4. The molecule has 0 saturated carbocycles. The molecule has 1 unspecified atom stereocenters. The van der Waals surface area contributed by atoms with E-state index >= 15 is 0 Å². The van der Waals surface area contributed by atoms with E-state index in [9.17, 15) is 0 Å². The highest BCUT2D eigenvalue weighted by atomic mass is 16.3. The molecule has 11 rings (SSSR count). The Bertz CT molecular complexity index is 2770. The van der Waals surface area contributed by atoms with Crippen molar-refractivity contribution in [2.24, 2.45) is 5.92 Å². The third-order valence-electron chi connectivity index (χ3n) is 10.6. The number of para-hydroxylation sites is 5. The summed E-state index contributed by atoms with van der Waals surface area (Å²) in [6, 6.07) is 47.9. The lowest BCUT2D eigenvalue weighted by Gasteiger charge is -2.44. The zero-order valence-corrected chi connectivity index (χ0v) is 26.4. The average molecular weight is 617 g/mol. The van der Waals surface area contributed by atoms with Crippen molar-refractivity contribution in [2.75, 3.05) is 9.80 Å². The Morgan fingerprint density at radius 2 is 1.10 bits per heavy atom. The van der Waals surface area contributed by atoms with Gasteiger partial charge in [0.05, 0.1) is 11.4 Å². The van der Waals surface area contributed by atoms with E-state index in [1.165, 1.54) is 55.4 Å². The minimum Gasteiger partial charge on any atom is -0.454 e. The van der Waals surface area contributed by atoms with E-state index in [2.05, 4.69) is 150 Å². The van der Waals surface area contributed by atoms with Crippen LogP contribution >= 0.6 is 0 Å². The normalized spacial score (nSPS) is 16.1. The van der Waals surface area contributed by atoms with Crippen LogP contribution in [-0.2, 0) is 0 Å². The van der Waals surface area contributed by atoms with E-state index in [1.807, 2.05) is 6.07 Å². The lowest BCUT2D eigenvalue weighted by atomic mass is 9.33. The molecule has 4 heterocycles. The Morgan fingerprint density at radius 3 is 1.90 bits per heavy atom. The monoisotopic (exact) mass is 616 g/mol. The van der Waals surface area contributed by atoms with Crippen molar-refractivity contribution in [2.45, 2.75) is 13.3 Å². The van der Waals surface area contributed by atoms with Crippen LogP contribution in [0.15, 0.2) is 142 Å². The number of benzene rings is 6. The minimum absolute atomic E-state index is 0.0781. The Hall–Kier alpha value is -5.94. The molecule has 0 spiro atoms. The molecule has 3 aliphatic rings. The average Bonchev–Trinajstić information content (AvgIpc) is 3.70. The first-order valence-corrected chi connectivity index (χ1v) is 16.8. The van der Waals surface area contributed by atoms with Crippen molar-refractivity contribution < 1.29 is 8.83 Å². The number of nitrogens with zero attached hydrogens (tertiary/aromatic N) is 2. The Kier molecular flexibility index (Phi) is 5.21. The van der Waals surface area contributed by atoms with Crippen LogP contribution in [0.2, 0.25) is 0 Å². The molecular weight excluding hydrogens is 587 g/mol. The van der Waals surface area contributed by atoms with E-state index in [4.69, 9.17) is 8.83 Å². The number of furan rings is 2. The Morgan fingerprint density at radius 1 is 0.542 bits per heavy atom. The van der Waals surface area contributed by atoms with Gasteiger partial charge in [-0.3, -0.25) is 0 Å². The summed E-state index contributed by atoms with van der Waals surface area (Å²) in [6.45, 7) is 2.39. The van der Waals surface area contributed by atoms with Gasteiger partial charge in [-0.25, -0.2) is 0 Å². The predicted molar refractivity (Wildman–Crippen MR) is 199 cm³/mol. The van der Waals surface area contributed by atoms with Gasteiger partial charge in [0.1, 0.15) is 11.2 Å². The molecule has 226 valence electrons. The van der Waals surface area contributed by atoms with Gasteiger partial charge in [-0.05, 0) is 71.2 Å². The first-order valence-electron chi connectivity index (χ1n) is 16.8. The molecule has 0 bridgehead atoms. The SMILES string of the molecule is CC1C=c2c(oc3ccccc23)=C(N2c3ccccc3B3c4ccccc4N(c4cccc5c4oc4ccccc45)c4cccc2c43)C1. The molecule has 0 N–H and O–H groups in total. The molecule has 0 radical (unpaired) electrons. The largest absolute Gasteiger partial charge is 0.454 e. The van der Waals surface area contributed by atoms with Crippen LogP contribution in [0.1, 0.15) is 13.3 Å². The maximum Gasteiger partial charge on any atom is 0.252 e. The van der Waals surface area contributed by atoms with Gasteiger partial charge in [-0.1, -0.05) is 104 Å². The second kappa shape index (κ2) is 9.55. The molecule has 4 nitrogen and oxygen atoms in total. The molecule has 5 heteroatoms. The van der Waals surface area contributed by atoms with Crippen molar-refractivity contribution in [3.8, 4) is 0 Å². The molecule has 1 atom stereocenters. The summed E-state index contributed by atoms with van der Waals surface area (Å²) in [7, 11) is 0. The summed E-state index contributed by atoms with van der Waals surface area (Å²) in [5.74, 6) is 0.362. The van der Waals surface area contributed by atoms with E-state index in [1.54, 1.807) is 0 Å². The van der Waals surface area contributed by atoms with Crippen LogP contribution in [0, 0.1) is 5.92 Å². The summed E-state index contributed by atoms with van der Waals surface area (Å²) < 4.78 is 13.4. The fraction of sp³-hybridized carbons (Fsp3) is 0.0698. The summed E-state index contributed by atoms with van der Waals surface area (Å²) in [4.78, 5) is 4.93. The van der Waals surface area contributed by atoms with Gasteiger partial charge < -0.3 is 18.6 Å². The highest BCUT2D eigenvalue weighted by molar-refractivity contribution is 7.00. The maximum absolute atomic E-state index is 6.72. The number of hydrogen-bond donors (Lipinski definition) is 0. The third kappa shape index (κ3) is 3.40. The molecular formula is C43H29BN2O2. The molecule has 8 aromatic rings. The zero-order valence-electron chi connectivity index (χ0n) is 26.4. The molecule has 1 aliphatic carbocycles. The highest BCUT2D eigenvalue weighted by Gasteiger charge is 2.44. The fourth-order valence-electron chi connectivity index (χ4n) is 8.67. The molecule has 0 amide bonds. The first-order chi connectivity index (χ1) is 23.7. The van der Waals surface area contributed by atoms with Crippen LogP contribution in [0.25, 0.3) is 44.7 Å². The van der Waals surface area contributed by atoms with Gasteiger partial charge in [0.2, 0.25) is 0 Å². The predicted octanol–water partition coefficient (Wildman–Crippen LogP) is 7.71. The molecule has 48 heavy (non-hydrogen) atoms. The smallest absolute Gasteiger partial charge is 0.252 e. The van der Waals surface area contributed by atoms with Gasteiger partial charge in [-0.2, -0.15) is 0 Å². The Labute approximate surface area is 277 Å². The topological polar surface area (TPSA) is 32.8 Å². The van der Waals surface area contributed by atoms with Gasteiger partial charge >= 0.3 is 0 Å². The van der Waals surface area contributed by atoms with Crippen molar-refractivity contribution in [1.82, 2.24) is 0 Å². The first kappa shape index (κ1) is 26.2. The van der Waals surface area contributed by atoms with Crippen molar-refractivity contribution in [1.29, 1.82) is 0 Å². The second-order valence-corrected chi connectivity index (χ2v) is 13.3. The van der Waals surface area contributed by atoms with Crippen LogP contribution in [0.3, 0.4) is 0 Å². The summed E-state index contributed by atoms with van der Waals surface area (Å²) in [6.07, 6.45) is 3.27. The third-order valence-corrected chi connectivity index (χ3v) is 10.6. The summed E-state index contributed by atoms with van der Waals surface area (Å²) >= 11 is 0. The highest BCUT2D eigenvalue weighted by Crippen LogP contribution is 2.46. The van der Waals surface area contributed by atoms with Gasteiger partial charge in [0.15, 0.2) is 11.0 Å². The molecule has 0 saturated heterocycles.